The van der Waals surface area contributed by atoms with Gasteiger partial charge in [0.1, 0.15) is 5.76 Å². The van der Waals surface area contributed by atoms with Crippen LogP contribution in [0, 0.1) is 23.5 Å². The van der Waals surface area contributed by atoms with Crippen LogP contribution in [0.2, 0.25) is 0 Å². The number of hydrogen-bond acceptors (Lipinski definition) is 5. The monoisotopic (exact) mass is 407 g/mol. The van der Waals surface area contributed by atoms with Crippen LogP contribution in [0.1, 0.15) is 5.76 Å². The molecule has 0 N–H and O–H groups in total. The van der Waals surface area contributed by atoms with Crippen molar-refractivity contribution in [1.29, 1.82) is 0 Å². The van der Waals surface area contributed by atoms with E-state index in [9.17, 15) is 22.4 Å². The maximum absolute atomic E-state index is 14.1. The molecule has 0 radical (unpaired) electrons. The van der Waals surface area contributed by atoms with Gasteiger partial charge in [-0.05, 0) is 36.0 Å². The molecule has 28 heavy (non-hydrogen) atoms. The molecule has 0 amide bonds. The van der Waals surface area contributed by atoms with Gasteiger partial charge >= 0.3 is 0 Å². The van der Waals surface area contributed by atoms with E-state index in [1.54, 1.807) is 36.4 Å². The molecular formula is C18H9F4N3O2S. The smallest absolute Gasteiger partial charge is 0.262 e. The molecule has 3 heterocycles. The van der Waals surface area contributed by atoms with Gasteiger partial charge in [-0.2, -0.15) is 13.8 Å². The molecule has 142 valence electrons. The Balaban J connectivity index is 1.92. The summed E-state index contributed by atoms with van der Waals surface area (Å²) >= 11 is 0.287. The second kappa shape index (κ2) is 7.12. The number of pyridine rings is 1. The fourth-order valence-corrected chi connectivity index (χ4v) is 3.50. The number of hydrogen-bond donors (Lipinski definition) is 0. The Morgan fingerprint density at radius 2 is 1.68 bits per heavy atom. The molecule has 0 aliphatic rings. The fourth-order valence-electron chi connectivity index (χ4n) is 2.57. The van der Waals surface area contributed by atoms with Gasteiger partial charge < -0.3 is 4.42 Å². The van der Waals surface area contributed by atoms with Crippen molar-refractivity contribution in [3.05, 3.63) is 82.3 Å². The van der Waals surface area contributed by atoms with E-state index in [-0.39, 0.29) is 34.4 Å². The minimum atomic E-state index is -1.79. The van der Waals surface area contributed by atoms with Gasteiger partial charge in [0, 0.05) is 0 Å². The number of halogens is 4. The van der Waals surface area contributed by atoms with E-state index in [0.29, 0.717) is 5.76 Å². The number of furan rings is 1. The Labute approximate surface area is 158 Å². The first kappa shape index (κ1) is 18.2. The Morgan fingerprint density at radius 1 is 0.964 bits per heavy atom. The molecule has 3 aromatic heterocycles. The molecule has 5 nitrogen and oxygen atoms in total. The van der Waals surface area contributed by atoms with Gasteiger partial charge in [0.15, 0.2) is 16.8 Å². The van der Waals surface area contributed by atoms with Crippen LogP contribution in [0.4, 0.5) is 17.6 Å². The Bertz CT molecular complexity index is 1220. The number of benzene rings is 1. The zero-order valence-electron chi connectivity index (χ0n) is 13.8. The lowest BCUT2D eigenvalue weighted by Crippen LogP contribution is -2.24. The molecule has 0 fully saturated rings. The van der Waals surface area contributed by atoms with E-state index in [1.165, 1.54) is 6.26 Å². The van der Waals surface area contributed by atoms with E-state index >= 15 is 0 Å². The molecule has 0 unspecified atom stereocenters. The summed E-state index contributed by atoms with van der Waals surface area (Å²) in [5.41, 5.74) is -0.234. The Hall–Kier alpha value is -3.14. The topological polar surface area (TPSA) is 60.9 Å². The average molecular weight is 407 g/mol. The third-order valence-corrected chi connectivity index (χ3v) is 4.93. The van der Waals surface area contributed by atoms with E-state index in [1.807, 2.05) is 0 Å². The summed E-state index contributed by atoms with van der Waals surface area (Å²) in [5, 5.41) is 0.106. The van der Waals surface area contributed by atoms with Crippen LogP contribution in [0.3, 0.4) is 0 Å². The lowest BCUT2D eigenvalue weighted by Gasteiger charge is -2.13. The summed E-state index contributed by atoms with van der Waals surface area (Å²) < 4.78 is 61.3. The third-order valence-electron chi connectivity index (χ3n) is 3.87. The molecule has 0 bridgehead atoms. The van der Waals surface area contributed by atoms with Crippen molar-refractivity contribution in [3.8, 4) is 0 Å². The SMILES string of the molecule is O=c1c2ccccc2nc(Sc2c(F)c(F)nc(F)c2F)n1Cc1ccco1. The molecule has 0 spiro atoms. The summed E-state index contributed by atoms with van der Waals surface area (Å²) in [6.45, 7) is -0.0920. The first-order valence-electron chi connectivity index (χ1n) is 7.85. The molecule has 0 atom stereocenters. The third kappa shape index (κ3) is 3.15. The highest BCUT2D eigenvalue weighted by Crippen LogP contribution is 2.33. The lowest BCUT2D eigenvalue weighted by atomic mass is 10.2. The second-order valence-electron chi connectivity index (χ2n) is 5.63. The van der Waals surface area contributed by atoms with Crippen molar-refractivity contribution in [2.24, 2.45) is 0 Å². The van der Waals surface area contributed by atoms with Crippen LogP contribution in [0.15, 0.2) is 61.9 Å². The van der Waals surface area contributed by atoms with Gasteiger partial charge in [0.25, 0.3) is 17.5 Å². The minimum absolute atomic E-state index is 0.0920. The van der Waals surface area contributed by atoms with Gasteiger partial charge in [-0.15, -0.1) is 0 Å². The van der Waals surface area contributed by atoms with Gasteiger partial charge in [-0.3, -0.25) is 9.36 Å². The molecule has 10 heteroatoms. The molecule has 0 saturated heterocycles. The van der Waals surface area contributed by atoms with Crippen molar-refractivity contribution in [1.82, 2.24) is 14.5 Å². The summed E-state index contributed by atoms with van der Waals surface area (Å²) in [4.78, 5) is 18.7. The van der Waals surface area contributed by atoms with Crippen LogP contribution in [0.25, 0.3) is 10.9 Å². The van der Waals surface area contributed by atoms with Gasteiger partial charge in [0.2, 0.25) is 0 Å². The first-order valence-corrected chi connectivity index (χ1v) is 8.67. The van der Waals surface area contributed by atoms with Crippen LogP contribution in [0.5, 0.6) is 0 Å². The maximum Gasteiger partial charge on any atom is 0.262 e. The normalized spacial score (nSPS) is 11.3. The van der Waals surface area contributed by atoms with Crippen molar-refractivity contribution in [2.45, 2.75) is 16.6 Å². The van der Waals surface area contributed by atoms with Crippen molar-refractivity contribution in [2.75, 3.05) is 0 Å². The van der Waals surface area contributed by atoms with Crippen LogP contribution in [-0.2, 0) is 6.54 Å². The van der Waals surface area contributed by atoms with Crippen LogP contribution >= 0.6 is 11.8 Å². The number of nitrogens with zero attached hydrogens (tertiary/aromatic N) is 3. The molecule has 1 aromatic carbocycles. The van der Waals surface area contributed by atoms with Crippen molar-refractivity contribution >= 4 is 22.7 Å². The Morgan fingerprint density at radius 3 is 2.36 bits per heavy atom. The summed E-state index contributed by atoms with van der Waals surface area (Å²) in [5.74, 6) is -6.54. The molecule has 0 aliphatic carbocycles. The minimum Gasteiger partial charge on any atom is -0.467 e. The van der Waals surface area contributed by atoms with Crippen LogP contribution < -0.4 is 5.56 Å². The number of para-hydroxylation sites is 1. The standard InChI is InChI=1S/C18H9F4N3O2S/c19-12-14(13(20)16(22)24-15(12)21)28-18-23-11-6-2-1-5-10(11)17(26)25(18)8-9-4-3-7-27-9/h1-7H,8H2. The van der Waals surface area contributed by atoms with Crippen LogP contribution in [-0.4, -0.2) is 14.5 Å². The zero-order chi connectivity index (χ0) is 19.8. The molecule has 4 rings (SSSR count). The second-order valence-corrected chi connectivity index (χ2v) is 6.61. The molecule has 0 saturated carbocycles. The highest BCUT2D eigenvalue weighted by Gasteiger charge is 2.24. The van der Waals surface area contributed by atoms with Crippen molar-refractivity contribution in [3.63, 3.8) is 0 Å². The highest BCUT2D eigenvalue weighted by molar-refractivity contribution is 7.99. The quantitative estimate of drug-likeness (QED) is 0.289. The highest BCUT2D eigenvalue weighted by atomic mass is 32.2. The fraction of sp³-hybridized carbons (Fsp3) is 0.0556. The molecule has 4 aromatic rings. The predicted octanol–water partition coefficient (Wildman–Crippen LogP) is 4.14. The largest absolute Gasteiger partial charge is 0.467 e. The van der Waals surface area contributed by atoms with Gasteiger partial charge in [-0.1, -0.05) is 12.1 Å². The van der Waals surface area contributed by atoms with E-state index < -0.39 is 34.0 Å². The summed E-state index contributed by atoms with van der Waals surface area (Å²) in [6.07, 6.45) is 1.40. The Kier molecular flexibility index (Phi) is 4.63. The first-order chi connectivity index (χ1) is 13.5. The lowest BCUT2D eigenvalue weighted by molar-refractivity contribution is 0.383. The molecule has 0 aliphatic heterocycles. The van der Waals surface area contributed by atoms with E-state index in [2.05, 4.69) is 9.97 Å². The predicted molar refractivity (Wildman–Crippen MR) is 92.0 cm³/mol. The summed E-state index contributed by atoms with van der Waals surface area (Å²) in [6, 6.07) is 9.57. The molecular weight excluding hydrogens is 398 g/mol. The average Bonchev–Trinajstić information content (AvgIpc) is 3.20. The van der Waals surface area contributed by atoms with Crippen molar-refractivity contribution < 1.29 is 22.0 Å². The number of fused-ring (bicyclic) bond motifs is 1. The summed E-state index contributed by atoms with van der Waals surface area (Å²) in [7, 11) is 0. The van der Waals surface area contributed by atoms with Gasteiger partial charge in [-0.25, -0.2) is 13.8 Å². The maximum atomic E-state index is 14.1. The number of aromatic nitrogens is 3. The van der Waals surface area contributed by atoms with E-state index in [4.69, 9.17) is 4.42 Å². The number of rotatable bonds is 4. The van der Waals surface area contributed by atoms with Gasteiger partial charge in [0.05, 0.1) is 28.6 Å². The zero-order valence-corrected chi connectivity index (χ0v) is 14.6. The van der Waals surface area contributed by atoms with E-state index in [0.717, 1.165) is 4.57 Å².